The van der Waals surface area contributed by atoms with Crippen molar-refractivity contribution in [2.24, 2.45) is 17.8 Å². The monoisotopic (exact) mass is 614 g/mol. The van der Waals surface area contributed by atoms with Crippen molar-refractivity contribution in [3.63, 3.8) is 0 Å². The van der Waals surface area contributed by atoms with E-state index in [0.717, 1.165) is 43.9 Å². The predicted molar refractivity (Wildman–Crippen MR) is 182 cm³/mol. The van der Waals surface area contributed by atoms with E-state index in [2.05, 4.69) is 56.5 Å². The summed E-state index contributed by atoms with van der Waals surface area (Å²) in [4.78, 5) is 23.8. The van der Waals surface area contributed by atoms with E-state index in [4.69, 9.17) is 14.6 Å². The first-order valence-electron chi connectivity index (χ1n) is 17.3. The van der Waals surface area contributed by atoms with Gasteiger partial charge in [0.2, 0.25) is 0 Å². The zero-order valence-corrected chi connectivity index (χ0v) is 27.7. The van der Waals surface area contributed by atoms with Gasteiger partial charge in [0.1, 0.15) is 0 Å². The summed E-state index contributed by atoms with van der Waals surface area (Å²) in [6, 6.07) is 14.3. The van der Waals surface area contributed by atoms with Gasteiger partial charge in [0, 0.05) is 11.5 Å². The van der Waals surface area contributed by atoms with Crippen LogP contribution in [0.3, 0.4) is 0 Å². The molecule has 2 aliphatic carbocycles. The lowest BCUT2D eigenvalue weighted by Crippen LogP contribution is -2.22. The Kier molecular flexibility index (Phi) is 13.5. The third-order valence-electron chi connectivity index (χ3n) is 9.84. The largest absolute Gasteiger partial charge is 0.462 e. The van der Waals surface area contributed by atoms with Crippen LogP contribution in [0.5, 0.6) is 0 Å². The molecule has 0 aliphatic heterocycles. The summed E-state index contributed by atoms with van der Waals surface area (Å²) in [5.41, 5.74) is 9.28. The van der Waals surface area contributed by atoms with Gasteiger partial charge >= 0.3 is 11.9 Å². The fourth-order valence-electron chi connectivity index (χ4n) is 7.04. The number of aliphatic hydroxyl groups excluding tert-OH is 1. The Morgan fingerprint density at radius 2 is 1.38 bits per heavy atom. The summed E-state index contributed by atoms with van der Waals surface area (Å²) >= 11 is 0. The standard InChI is InChI=1S/C40H54O5/c1-5-8-32-17-21-37-35(23-32)19-20-36-24-33(18-22-38(36)37)16-15-31-13-11-30(12-14-31)9-6-7-10-34(26-44-39(42)28(2)3)27-45-40(43)29(4)25-41/h17-18,21-24,30-31,34,41H,2,4-16,19-20,25-27H2,1,3H3. The van der Waals surface area contributed by atoms with Gasteiger partial charge in [0.05, 0.1) is 25.4 Å². The smallest absolute Gasteiger partial charge is 0.335 e. The molecule has 0 radical (unpaired) electrons. The van der Waals surface area contributed by atoms with Crippen LogP contribution in [0.4, 0.5) is 0 Å². The maximum Gasteiger partial charge on any atom is 0.335 e. The molecule has 0 saturated heterocycles. The molecule has 2 aliphatic rings. The molecule has 4 rings (SSSR count). The highest BCUT2D eigenvalue weighted by Gasteiger charge is 2.22. The van der Waals surface area contributed by atoms with Crippen LogP contribution in [0, 0.1) is 17.8 Å². The number of rotatable bonds is 17. The molecule has 1 N–H and O–H groups in total. The SMILES string of the molecule is C=C(C)C(=O)OCC(CCCCC1CCC(CCc2ccc3c(c2)CCc2cc(CCC)ccc2-3)CC1)COC(=O)C(=C)CO. The average molecular weight is 615 g/mol. The Balaban J connectivity index is 1.16. The summed E-state index contributed by atoms with van der Waals surface area (Å²) in [5.74, 6) is 0.486. The van der Waals surface area contributed by atoms with E-state index in [0.29, 0.717) is 5.57 Å². The van der Waals surface area contributed by atoms with Crippen LogP contribution < -0.4 is 0 Å². The number of unbranched alkanes of at least 4 members (excludes halogenated alkanes) is 1. The lowest BCUT2D eigenvalue weighted by molar-refractivity contribution is -0.144. The molecular formula is C40H54O5. The van der Waals surface area contributed by atoms with Crippen molar-refractivity contribution in [2.45, 2.75) is 104 Å². The molecule has 45 heavy (non-hydrogen) atoms. The summed E-state index contributed by atoms with van der Waals surface area (Å²) in [6.07, 6.45) is 16.6. The van der Waals surface area contributed by atoms with Gasteiger partial charge in [-0.1, -0.05) is 108 Å². The molecule has 0 aromatic heterocycles. The first-order valence-corrected chi connectivity index (χ1v) is 17.3. The van der Waals surface area contributed by atoms with Crippen molar-refractivity contribution >= 4 is 11.9 Å². The molecule has 1 saturated carbocycles. The second-order valence-corrected chi connectivity index (χ2v) is 13.5. The zero-order chi connectivity index (χ0) is 32.2. The average Bonchev–Trinajstić information content (AvgIpc) is 3.06. The summed E-state index contributed by atoms with van der Waals surface area (Å²) < 4.78 is 10.7. The van der Waals surface area contributed by atoms with Crippen LogP contribution in [0.15, 0.2) is 60.7 Å². The van der Waals surface area contributed by atoms with E-state index >= 15 is 0 Å². The first kappa shape index (κ1) is 34.7. The Morgan fingerprint density at radius 3 is 1.93 bits per heavy atom. The molecule has 2 aromatic carbocycles. The van der Waals surface area contributed by atoms with E-state index in [1.807, 2.05) is 0 Å². The number of aliphatic hydroxyl groups is 1. The van der Waals surface area contributed by atoms with Crippen molar-refractivity contribution in [3.05, 3.63) is 83.0 Å². The van der Waals surface area contributed by atoms with E-state index in [-0.39, 0.29) is 24.7 Å². The van der Waals surface area contributed by atoms with Crippen LogP contribution in [0.25, 0.3) is 11.1 Å². The van der Waals surface area contributed by atoms with Gasteiger partial charge in [-0.25, -0.2) is 9.59 Å². The van der Waals surface area contributed by atoms with Gasteiger partial charge in [0.15, 0.2) is 0 Å². The number of aryl methyl sites for hydroxylation is 4. The van der Waals surface area contributed by atoms with Crippen LogP contribution >= 0.6 is 0 Å². The Labute approximate surface area is 271 Å². The second-order valence-electron chi connectivity index (χ2n) is 13.5. The predicted octanol–water partition coefficient (Wildman–Crippen LogP) is 8.53. The molecular weight excluding hydrogens is 560 g/mol. The Morgan fingerprint density at radius 1 is 0.822 bits per heavy atom. The number of fused-ring (bicyclic) bond motifs is 3. The maximum absolute atomic E-state index is 11.9. The van der Waals surface area contributed by atoms with Gasteiger partial charge in [-0.2, -0.15) is 0 Å². The summed E-state index contributed by atoms with van der Waals surface area (Å²) in [7, 11) is 0. The van der Waals surface area contributed by atoms with Crippen molar-refractivity contribution in [3.8, 4) is 11.1 Å². The first-order chi connectivity index (χ1) is 21.8. The van der Waals surface area contributed by atoms with E-state index < -0.39 is 18.5 Å². The van der Waals surface area contributed by atoms with Gasteiger partial charge < -0.3 is 14.6 Å². The number of carbonyl (C=O) groups excluding carboxylic acids is 2. The van der Waals surface area contributed by atoms with Gasteiger partial charge in [-0.3, -0.25) is 0 Å². The number of carbonyl (C=O) groups is 2. The molecule has 0 amide bonds. The molecule has 5 nitrogen and oxygen atoms in total. The van der Waals surface area contributed by atoms with Crippen molar-refractivity contribution in [1.82, 2.24) is 0 Å². The second kappa shape index (κ2) is 17.5. The third kappa shape index (κ3) is 10.4. The van der Waals surface area contributed by atoms with Crippen molar-refractivity contribution < 1.29 is 24.2 Å². The van der Waals surface area contributed by atoms with E-state index in [1.54, 1.807) is 6.92 Å². The number of hydrogen-bond acceptors (Lipinski definition) is 5. The number of esters is 2. The van der Waals surface area contributed by atoms with Gasteiger partial charge in [-0.05, 0) is 90.7 Å². The molecule has 5 heteroatoms. The van der Waals surface area contributed by atoms with E-state index in [1.165, 1.54) is 91.2 Å². The lowest BCUT2D eigenvalue weighted by atomic mass is 9.77. The minimum atomic E-state index is -0.608. The molecule has 2 aromatic rings. The lowest BCUT2D eigenvalue weighted by Gasteiger charge is -2.29. The molecule has 1 atom stereocenters. The Bertz CT molecular complexity index is 1320. The molecule has 244 valence electrons. The highest BCUT2D eigenvalue weighted by atomic mass is 16.5. The van der Waals surface area contributed by atoms with Crippen molar-refractivity contribution in [1.29, 1.82) is 0 Å². The highest BCUT2D eigenvalue weighted by Crippen LogP contribution is 2.37. The normalized spacial score (nSPS) is 17.9. The highest BCUT2D eigenvalue weighted by molar-refractivity contribution is 5.88. The quantitative estimate of drug-likeness (QED) is 0.110. The van der Waals surface area contributed by atoms with Gasteiger partial charge in [0.25, 0.3) is 0 Å². The number of ether oxygens (including phenoxy) is 2. The third-order valence-corrected chi connectivity index (χ3v) is 9.84. The number of hydrogen-bond donors (Lipinski definition) is 1. The molecule has 0 heterocycles. The zero-order valence-electron chi connectivity index (χ0n) is 27.7. The van der Waals surface area contributed by atoms with Gasteiger partial charge in [-0.15, -0.1) is 0 Å². The number of benzene rings is 2. The molecule has 1 unspecified atom stereocenters. The fraction of sp³-hybridized carbons (Fsp3) is 0.550. The molecule has 1 fully saturated rings. The van der Waals surface area contributed by atoms with E-state index in [9.17, 15) is 9.59 Å². The summed E-state index contributed by atoms with van der Waals surface area (Å²) in [6.45, 7) is 10.9. The van der Waals surface area contributed by atoms with Crippen LogP contribution in [-0.2, 0) is 44.7 Å². The minimum absolute atomic E-state index is 0.0258. The topological polar surface area (TPSA) is 72.8 Å². The van der Waals surface area contributed by atoms with Crippen LogP contribution in [-0.4, -0.2) is 36.9 Å². The molecule has 0 spiro atoms. The Hall–Kier alpha value is -3.18. The van der Waals surface area contributed by atoms with Crippen LogP contribution in [0.2, 0.25) is 0 Å². The van der Waals surface area contributed by atoms with Crippen LogP contribution in [0.1, 0.15) is 100 Å². The van der Waals surface area contributed by atoms with Crippen molar-refractivity contribution in [2.75, 3.05) is 19.8 Å². The minimum Gasteiger partial charge on any atom is -0.462 e. The maximum atomic E-state index is 11.9. The summed E-state index contributed by atoms with van der Waals surface area (Å²) in [5, 5.41) is 9.11. The molecule has 0 bridgehead atoms. The fourth-order valence-corrected chi connectivity index (χ4v) is 7.04.